The van der Waals surface area contributed by atoms with Crippen LogP contribution in [0.2, 0.25) is 0 Å². The summed E-state index contributed by atoms with van der Waals surface area (Å²) in [6, 6.07) is 0. The van der Waals surface area contributed by atoms with E-state index in [4.69, 9.17) is 0 Å². The molecule has 1 N–H and O–H groups in total. The van der Waals surface area contributed by atoms with E-state index in [0.717, 1.165) is 0 Å². The molecule has 0 bridgehead atoms. The van der Waals surface area contributed by atoms with Gasteiger partial charge in [0.1, 0.15) is 4.88 Å². The maximum atomic E-state index is 11.1. The number of anilines is 1. The predicted molar refractivity (Wildman–Crippen MR) is 60.9 cm³/mol. The van der Waals surface area contributed by atoms with Gasteiger partial charge in [-0.2, -0.15) is 0 Å². The van der Waals surface area contributed by atoms with Gasteiger partial charge in [-0.1, -0.05) is 11.3 Å². The normalized spacial score (nSPS) is 12.1. The molecule has 84 valence electrons. The number of nitrogens with zero attached hydrogens (tertiary/aromatic N) is 1. The molecule has 0 amide bonds. The summed E-state index contributed by atoms with van der Waals surface area (Å²) in [5, 5.41) is 3.62. The van der Waals surface area contributed by atoms with E-state index in [9.17, 15) is 9.00 Å². The first-order chi connectivity index (χ1) is 7.13. The molecule has 1 atom stereocenters. The van der Waals surface area contributed by atoms with Crippen LogP contribution in [0.4, 0.5) is 5.13 Å². The van der Waals surface area contributed by atoms with Gasteiger partial charge in [0, 0.05) is 29.4 Å². The predicted octanol–water partition coefficient (Wildman–Crippen LogP) is 0.720. The first-order valence-electron chi connectivity index (χ1n) is 4.21. The first kappa shape index (κ1) is 12.1. The van der Waals surface area contributed by atoms with Crippen LogP contribution in [0.1, 0.15) is 9.67 Å². The molecule has 0 aliphatic heterocycles. The third kappa shape index (κ3) is 3.96. The number of carbonyl (C=O) groups is 1. The molecule has 0 aliphatic rings. The van der Waals surface area contributed by atoms with Crippen LogP contribution in [0.3, 0.4) is 0 Å². The Kier molecular flexibility index (Phi) is 4.70. The van der Waals surface area contributed by atoms with Crippen LogP contribution in [-0.2, 0) is 15.5 Å². The number of aromatic nitrogens is 1. The van der Waals surface area contributed by atoms with Crippen molar-refractivity contribution in [3.8, 4) is 0 Å². The molecule has 1 rings (SSSR count). The number of carbonyl (C=O) groups excluding carboxylic acids is 1. The van der Waals surface area contributed by atoms with Gasteiger partial charge in [-0.05, 0) is 0 Å². The van der Waals surface area contributed by atoms with Crippen LogP contribution in [0.5, 0.6) is 0 Å². The lowest BCUT2D eigenvalue weighted by Crippen LogP contribution is -2.09. The number of hydrogen-bond acceptors (Lipinski definition) is 6. The monoisotopic (exact) mass is 248 g/mol. The highest BCUT2D eigenvalue weighted by atomic mass is 32.2. The molecule has 0 fully saturated rings. The number of ether oxygens (including phenoxy) is 1. The molecule has 0 spiro atoms. The minimum Gasteiger partial charge on any atom is -0.465 e. The van der Waals surface area contributed by atoms with E-state index in [1.54, 1.807) is 6.26 Å². The number of esters is 1. The van der Waals surface area contributed by atoms with Crippen LogP contribution in [0.25, 0.3) is 0 Å². The zero-order valence-corrected chi connectivity index (χ0v) is 10.1. The molecule has 5 nitrogen and oxygen atoms in total. The Morgan fingerprint density at radius 3 is 3.07 bits per heavy atom. The van der Waals surface area contributed by atoms with Crippen LogP contribution >= 0.6 is 11.3 Å². The van der Waals surface area contributed by atoms with Gasteiger partial charge in [0.05, 0.1) is 13.3 Å². The van der Waals surface area contributed by atoms with Gasteiger partial charge in [0.15, 0.2) is 5.13 Å². The van der Waals surface area contributed by atoms with Crippen molar-refractivity contribution in [1.29, 1.82) is 0 Å². The number of hydrogen-bond donors (Lipinski definition) is 1. The summed E-state index contributed by atoms with van der Waals surface area (Å²) in [5.41, 5.74) is 0. The van der Waals surface area contributed by atoms with E-state index >= 15 is 0 Å². The molecule has 1 unspecified atom stereocenters. The molecule has 0 aromatic carbocycles. The Labute approximate surface area is 94.3 Å². The van der Waals surface area contributed by atoms with Crippen molar-refractivity contribution in [3.63, 3.8) is 0 Å². The molecular formula is C8H12N2O3S2. The number of rotatable bonds is 5. The smallest absolute Gasteiger partial charge is 0.349 e. The maximum Gasteiger partial charge on any atom is 0.349 e. The molecule has 1 aromatic heterocycles. The van der Waals surface area contributed by atoms with Gasteiger partial charge in [0.25, 0.3) is 0 Å². The van der Waals surface area contributed by atoms with Gasteiger partial charge < -0.3 is 10.1 Å². The minimum absolute atomic E-state index is 0.389. The van der Waals surface area contributed by atoms with Gasteiger partial charge in [-0.25, -0.2) is 9.78 Å². The quantitative estimate of drug-likeness (QED) is 0.778. The van der Waals surface area contributed by atoms with Crippen molar-refractivity contribution in [2.75, 3.05) is 31.0 Å². The van der Waals surface area contributed by atoms with Crippen molar-refractivity contribution in [1.82, 2.24) is 4.98 Å². The fourth-order valence-electron chi connectivity index (χ4n) is 0.852. The summed E-state index contributed by atoms with van der Waals surface area (Å²) in [6.45, 7) is 0.581. The molecule has 1 heterocycles. The van der Waals surface area contributed by atoms with E-state index in [2.05, 4.69) is 15.0 Å². The van der Waals surface area contributed by atoms with Crippen LogP contribution in [0.15, 0.2) is 6.20 Å². The van der Waals surface area contributed by atoms with E-state index in [0.29, 0.717) is 22.3 Å². The van der Waals surface area contributed by atoms with Gasteiger partial charge in [-0.15, -0.1) is 0 Å². The number of nitrogens with one attached hydrogen (secondary N) is 1. The zero-order valence-electron chi connectivity index (χ0n) is 8.48. The van der Waals surface area contributed by atoms with Crippen LogP contribution < -0.4 is 5.32 Å². The third-order valence-corrected chi connectivity index (χ3v) is 3.27. The first-order valence-corrected chi connectivity index (χ1v) is 6.76. The van der Waals surface area contributed by atoms with Crippen molar-refractivity contribution < 1.29 is 13.7 Å². The Morgan fingerprint density at radius 2 is 2.47 bits per heavy atom. The molecule has 0 saturated heterocycles. The van der Waals surface area contributed by atoms with Crippen LogP contribution in [-0.4, -0.2) is 40.8 Å². The van der Waals surface area contributed by atoms with Crippen LogP contribution in [0, 0.1) is 0 Å². The number of methoxy groups -OCH3 is 1. The average Bonchev–Trinajstić information content (AvgIpc) is 2.65. The Hall–Kier alpha value is -0.950. The molecule has 7 heteroatoms. The average molecular weight is 248 g/mol. The van der Waals surface area contributed by atoms with Crippen molar-refractivity contribution in [2.45, 2.75) is 0 Å². The lowest BCUT2D eigenvalue weighted by Gasteiger charge is -1.98. The second-order valence-corrected chi connectivity index (χ2v) is 5.31. The van der Waals surface area contributed by atoms with Gasteiger partial charge in [-0.3, -0.25) is 4.21 Å². The second-order valence-electron chi connectivity index (χ2n) is 2.73. The Morgan fingerprint density at radius 1 is 1.73 bits per heavy atom. The third-order valence-electron chi connectivity index (χ3n) is 1.56. The lowest BCUT2D eigenvalue weighted by molar-refractivity contribution is 0.0606. The fourth-order valence-corrected chi connectivity index (χ4v) is 2.00. The largest absolute Gasteiger partial charge is 0.465 e. The molecular weight excluding hydrogens is 236 g/mol. The standard InChI is InChI=1S/C8H12N2O3S2/c1-13-7(11)6-5-10-8(14-6)9-3-4-15(2)12/h5H,3-4H2,1-2H3,(H,9,10). The summed E-state index contributed by atoms with van der Waals surface area (Å²) in [7, 11) is 0.509. The van der Waals surface area contributed by atoms with Crippen molar-refractivity contribution >= 4 is 33.2 Å². The molecule has 15 heavy (non-hydrogen) atoms. The zero-order chi connectivity index (χ0) is 11.3. The van der Waals surface area contributed by atoms with Crippen molar-refractivity contribution in [3.05, 3.63) is 11.1 Å². The highest BCUT2D eigenvalue weighted by molar-refractivity contribution is 7.84. The summed E-state index contributed by atoms with van der Waals surface area (Å²) in [5.74, 6) is 0.173. The summed E-state index contributed by atoms with van der Waals surface area (Å²) < 4.78 is 15.3. The Balaban J connectivity index is 2.46. The summed E-state index contributed by atoms with van der Waals surface area (Å²) in [4.78, 5) is 15.5. The highest BCUT2D eigenvalue weighted by Gasteiger charge is 2.09. The van der Waals surface area contributed by atoms with E-state index in [1.165, 1.54) is 24.6 Å². The fraction of sp³-hybridized carbons (Fsp3) is 0.500. The van der Waals surface area contributed by atoms with Crippen molar-refractivity contribution in [2.24, 2.45) is 0 Å². The maximum absolute atomic E-state index is 11.1. The molecule has 0 saturated carbocycles. The summed E-state index contributed by atoms with van der Waals surface area (Å²) >= 11 is 1.22. The lowest BCUT2D eigenvalue weighted by atomic mass is 10.6. The van der Waals surface area contributed by atoms with Gasteiger partial charge >= 0.3 is 5.97 Å². The second kappa shape index (κ2) is 5.82. The minimum atomic E-state index is -0.820. The Bertz CT molecular complexity index is 365. The van der Waals surface area contributed by atoms with E-state index in [1.807, 2.05) is 0 Å². The highest BCUT2D eigenvalue weighted by Crippen LogP contribution is 2.18. The summed E-state index contributed by atoms with van der Waals surface area (Å²) in [6.07, 6.45) is 3.10. The molecule has 0 aliphatic carbocycles. The van der Waals surface area contributed by atoms with E-state index < -0.39 is 10.8 Å². The van der Waals surface area contributed by atoms with E-state index in [-0.39, 0.29) is 5.97 Å². The SMILES string of the molecule is COC(=O)c1cnc(NCCS(C)=O)s1. The topological polar surface area (TPSA) is 68.3 Å². The molecule has 1 aromatic rings. The molecule has 0 radical (unpaired) electrons. The van der Waals surface area contributed by atoms with Gasteiger partial charge in [0.2, 0.25) is 0 Å². The number of thiazole rings is 1.